The van der Waals surface area contributed by atoms with Gasteiger partial charge in [-0.25, -0.2) is 4.39 Å². The molecule has 0 aromatic heterocycles. The van der Waals surface area contributed by atoms with Crippen LogP contribution in [0, 0.1) is 5.82 Å². The lowest BCUT2D eigenvalue weighted by molar-refractivity contribution is -0.115. The molecule has 0 aliphatic carbocycles. The SMILES string of the molecule is COCCN(C)CCNCC(=O)Nc1cccc(F)c1. The molecule has 0 bridgehead atoms. The number of anilines is 1. The van der Waals surface area contributed by atoms with E-state index in [9.17, 15) is 9.18 Å². The molecular weight excluding hydrogens is 261 g/mol. The Kier molecular flexibility index (Phi) is 7.79. The van der Waals surface area contributed by atoms with Crippen LogP contribution in [0.4, 0.5) is 10.1 Å². The molecule has 0 saturated heterocycles. The van der Waals surface area contributed by atoms with Crippen molar-refractivity contribution in [3.8, 4) is 0 Å². The van der Waals surface area contributed by atoms with E-state index in [1.54, 1.807) is 19.2 Å². The molecule has 0 fully saturated rings. The average Bonchev–Trinajstić information content (AvgIpc) is 2.41. The first-order valence-electron chi connectivity index (χ1n) is 6.55. The van der Waals surface area contributed by atoms with Crippen LogP contribution < -0.4 is 10.6 Å². The highest BCUT2D eigenvalue weighted by Crippen LogP contribution is 2.08. The number of carbonyl (C=O) groups excluding carboxylic acids is 1. The summed E-state index contributed by atoms with van der Waals surface area (Å²) < 4.78 is 17.9. The summed E-state index contributed by atoms with van der Waals surface area (Å²) in [5.74, 6) is -0.550. The molecule has 0 heterocycles. The van der Waals surface area contributed by atoms with Gasteiger partial charge in [-0.3, -0.25) is 4.79 Å². The molecule has 1 amide bonds. The maximum atomic E-state index is 12.9. The van der Waals surface area contributed by atoms with Crippen molar-refractivity contribution in [2.24, 2.45) is 0 Å². The first-order chi connectivity index (χ1) is 9.61. The number of hydrogen-bond acceptors (Lipinski definition) is 4. The predicted molar refractivity (Wildman–Crippen MR) is 77.3 cm³/mol. The normalized spacial score (nSPS) is 10.8. The van der Waals surface area contributed by atoms with Gasteiger partial charge in [0.1, 0.15) is 5.82 Å². The summed E-state index contributed by atoms with van der Waals surface area (Å²) in [7, 11) is 3.66. The van der Waals surface area contributed by atoms with Crippen LogP contribution in [-0.4, -0.2) is 57.8 Å². The quantitative estimate of drug-likeness (QED) is 0.662. The standard InChI is InChI=1S/C14H22FN3O2/c1-18(8-9-20-2)7-6-16-11-14(19)17-13-5-3-4-12(15)10-13/h3-5,10,16H,6-9,11H2,1-2H3,(H,17,19). The van der Waals surface area contributed by atoms with Gasteiger partial charge in [0.2, 0.25) is 5.91 Å². The van der Waals surface area contributed by atoms with E-state index in [0.29, 0.717) is 18.8 Å². The molecule has 5 nitrogen and oxygen atoms in total. The van der Waals surface area contributed by atoms with Crippen molar-refractivity contribution < 1.29 is 13.9 Å². The Labute approximate surface area is 119 Å². The van der Waals surface area contributed by atoms with Crippen LogP contribution in [-0.2, 0) is 9.53 Å². The van der Waals surface area contributed by atoms with Crippen molar-refractivity contribution in [1.29, 1.82) is 0 Å². The van der Waals surface area contributed by atoms with Gasteiger partial charge in [0.15, 0.2) is 0 Å². The first kappa shape index (κ1) is 16.6. The molecule has 0 unspecified atom stereocenters. The summed E-state index contributed by atoms with van der Waals surface area (Å²) >= 11 is 0. The number of carbonyl (C=O) groups is 1. The third-order valence-electron chi connectivity index (χ3n) is 2.74. The number of likely N-dealkylation sites (N-methyl/N-ethyl adjacent to an activating group) is 1. The van der Waals surface area contributed by atoms with Crippen LogP contribution in [0.5, 0.6) is 0 Å². The molecule has 0 spiro atoms. The van der Waals surface area contributed by atoms with E-state index in [4.69, 9.17) is 4.74 Å². The highest BCUT2D eigenvalue weighted by Gasteiger charge is 2.03. The molecule has 0 aliphatic heterocycles. The molecule has 2 N–H and O–H groups in total. The Hall–Kier alpha value is -1.50. The minimum Gasteiger partial charge on any atom is -0.383 e. The number of ether oxygens (including phenoxy) is 1. The maximum absolute atomic E-state index is 12.9. The topological polar surface area (TPSA) is 53.6 Å². The van der Waals surface area contributed by atoms with E-state index < -0.39 is 0 Å². The summed E-state index contributed by atoms with van der Waals surface area (Å²) in [6.45, 7) is 3.28. The Morgan fingerprint density at radius 1 is 1.40 bits per heavy atom. The third kappa shape index (κ3) is 7.18. The molecule has 1 rings (SSSR count). The van der Waals surface area contributed by atoms with Gasteiger partial charge < -0.3 is 20.3 Å². The Morgan fingerprint density at radius 2 is 2.20 bits per heavy atom. The second-order valence-electron chi connectivity index (χ2n) is 4.53. The van der Waals surface area contributed by atoms with Gasteiger partial charge in [-0.05, 0) is 25.2 Å². The lowest BCUT2D eigenvalue weighted by atomic mass is 10.3. The zero-order valence-corrected chi connectivity index (χ0v) is 12.0. The largest absolute Gasteiger partial charge is 0.383 e. The van der Waals surface area contributed by atoms with E-state index in [1.165, 1.54) is 12.1 Å². The van der Waals surface area contributed by atoms with Crippen molar-refractivity contribution in [3.05, 3.63) is 30.1 Å². The van der Waals surface area contributed by atoms with Gasteiger partial charge in [-0.2, -0.15) is 0 Å². The van der Waals surface area contributed by atoms with Crippen LogP contribution in [0.15, 0.2) is 24.3 Å². The predicted octanol–water partition coefficient (Wildman–Crippen LogP) is 0.932. The summed E-state index contributed by atoms with van der Waals surface area (Å²) in [5.41, 5.74) is 0.467. The molecule has 1 aromatic rings. The number of benzene rings is 1. The summed E-state index contributed by atoms with van der Waals surface area (Å²) in [6, 6.07) is 5.84. The van der Waals surface area contributed by atoms with Crippen LogP contribution in [0.3, 0.4) is 0 Å². The maximum Gasteiger partial charge on any atom is 0.238 e. The number of halogens is 1. The molecule has 0 radical (unpaired) electrons. The second kappa shape index (κ2) is 9.41. The molecular formula is C14H22FN3O2. The number of rotatable bonds is 9. The lowest BCUT2D eigenvalue weighted by Crippen LogP contribution is -2.35. The van der Waals surface area contributed by atoms with Crippen LogP contribution in [0.25, 0.3) is 0 Å². The summed E-state index contributed by atoms with van der Waals surface area (Å²) in [5, 5.41) is 5.67. The van der Waals surface area contributed by atoms with E-state index in [1.807, 2.05) is 7.05 Å². The highest BCUT2D eigenvalue weighted by molar-refractivity contribution is 5.92. The van der Waals surface area contributed by atoms with Gasteiger partial charge >= 0.3 is 0 Å². The van der Waals surface area contributed by atoms with Crippen LogP contribution in [0.2, 0.25) is 0 Å². The number of nitrogens with zero attached hydrogens (tertiary/aromatic N) is 1. The van der Waals surface area contributed by atoms with Gasteiger partial charge in [0.25, 0.3) is 0 Å². The fourth-order valence-corrected chi connectivity index (χ4v) is 1.60. The molecule has 112 valence electrons. The van der Waals surface area contributed by atoms with Gasteiger partial charge in [-0.15, -0.1) is 0 Å². The van der Waals surface area contributed by atoms with Crippen molar-refractivity contribution >= 4 is 11.6 Å². The van der Waals surface area contributed by atoms with Gasteiger partial charge in [0, 0.05) is 32.4 Å². The number of nitrogens with one attached hydrogen (secondary N) is 2. The summed E-state index contributed by atoms with van der Waals surface area (Å²) in [4.78, 5) is 13.7. The molecule has 0 saturated carbocycles. The van der Waals surface area contributed by atoms with E-state index >= 15 is 0 Å². The Bertz CT molecular complexity index is 415. The third-order valence-corrected chi connectivity index (χ3v) is 2.74. The molecule has 0 aliphatic rings. The van der Waals surface area contributed by atoms with Crippen molar-refractivity contribution in [3.63, 3.8) is 0 Å². The van der Waals surface area contributed by atoms with E-state index in [-0.39, 0.29) is 18.3 Å². The molecule has 0 atom stereocenters. The number of methoxy groups -OCH3 is 1. The van der Waals surface area contributed by atoms with E-state index in [2.05, 4.69) is 15.5 Å². The molecule has 20 heavy (non-hydrogen) atoms. The molecule has 1 aromatic carbocycles. The number of amides is 1. The Balaban J connectivity index is 2.14. The van der Waals surface area contributed by atoms with Gasteiger partial charge in [-0.1, -0.05) is 6.07 Å². The van der Waals surface area contributed by atoms with Crippen LogP contribution in [0.1, 0.15) is 0 Å². The van der Waals surface area contributed by atoms with E-state index in [0.717, 1.165) is 13.1 Å². The fourth-order valence-electron chi connectivity index (χ4n) is 1.60. The fraction of sp³-hybridized carbons (Fsp3) is 0.500. The van der Waals surface area contributed by atoms with Crippen LogP contribution >= 0.6 is 0 Å². The van der Waals surface area contributed by atoms with Crippen molar-refractivity contribution in [2.75, 3.05) is 52.3 Å². The average molecular weight is 283 g/mol. The van der Waals surface area contributed by atoms with Crippen molar-refractivity contribution in [2.45, 2.75) is 0 Å². The first-order valence-corrected chi connectivity index (χ1v) is 6.55. The molecule has 6 heteroatoms. The summed E-state index contributed by atoms with van der Waals surface area (Å²) in [6.07, 6.45) is 0. The monoisotopic (exact) mass is 283 g/mol. The number of hydrogen-bond donors (Lipinski definition) is 2. The smallest absolute Gasteiger partial charge is 0.238 e. The minimum atomic E-state index is -0.365. The Morgan fingerprint density at radius 3 is 2.90 bits per heavy atom. The highest BCUT2D eigenvalue weighted by atomic mass is 19.1. The lowest BCUT2D eigenvalue weighted by Gasteiger charge is -2.16. The zero-order chi connectivity index (χ0) is 14.8. The zero-order valence-electron chi connectivity index (χ0n) is 12.0. The van der Waals surface area contributed by atoms with Gasteiger partial charge in [0.05, 0.1) is 13.2 Å². The minimum absolute atomic E-state index is 0.185. The van der Waals surface area contributed by atoms with Crippen molar-refractivity contribution in [1.82, 2.24) is 10.2 Å². The second-order valence-corrected chi connectivity index (χ2v) is 4.53.